The molecule has 0 atom stereocenters. The van der Waals surface area contributed by atoms with Gasteiger partial charge in [0.05, 0.1) is 0 Å². The summed E-state index contributed by atoms with van der Waals surface area (Å²) in [6.07, 6.45) is -4.73. The van der Waals surface area contributed by atoms with Crippen LogP contribution in [0.3, 0.4) is 0 Å². The van der Waals surface area contributed by atoms with Crippen LogP contribution in [0.4, 0.5) is 23.7 Å². The van der Waals surface area contributed by atoms with E-state index < -0.39 is 12.3 Å². The highest BCUT2D eigenvalue weighted by Gasteiger charge is 2.29. The molecule has 0 spiro atoms. The highest BCUT2D eigenvalue weighted by molar-refractivity contribution is 9.10. The number of rotatable bonds is 1. The number of carbonyl (C=O) groups is 1. The van der Waals surface area contributed by atoms with Gasteiger partial charge >= 0.3 is 12.3 Å². The van der Waals surface area contributed by atoms with Gasteiger partial charge in [-0.1, -0.05) is 22.0 Å². The van der Waals surface area contributed by atoms with Crippen molar-refractivity contribution in [1.82, 2.24) is 5.32 Å². The van der Waals surface area contributed by atoms with E-state index in [4.69, 9.17) is 0 Å². The van der Waals surface area contributed by atoms with Gasteiger partial charge in [0.25, 0.3) is 0 Å². The minimum Gasteiger partial charge on any atom is -0.308 e. The molecule has 0 saturated carbocycles. The van der Waals surface area contributed by atoms with Crippen molar-refractivity contribution < 1.29 is 18.0 Å². The molecule has 2 N–H and O–H groups in total. The molecule has 0 aromatic heterocycles. The van der Waals surface area contributed by atoms with Crippen LogP contribution < -0.4 is 10.6 Å². The maximum atomic E-state index is 11.7. The van der Waals surface area contributed by atoms with Gasteiger partial charge in [-0.05, 0) is 18.2 Å². The van der Waals surface area contributed by atoms with Crippen molar-refractivity contribution in [3.63, 3.8) is 0 Å². The van der Waals surface area contributed by atoms with Gasteiger partial charge in [-0.25, -0.2) is 10.1 Å². The van der Waals surface area contributed by atoms with Crippen LogP contribution in [-0.2, 0) is 0 Å². The minimum atomic E-state index is -4.73. The fourth-order valence-electron chi connectivity index (χ4n) is 0.857. The monoisotopic (exact) mass is 282 g/mol. The molecule has 0 aliphatic heterocycles. The van der Waals surface area contributed by atoms with Gasteiger partial charge in [-0.3, -0.25) is 0 Å². The Morgan fingerprint density at radius 1 is 1.33 bits per heavy atom. The summed E-state index contributed by atoms with van der Waals surface area (Å²) in [5.74, 6) is 0. The molecule has 1 rings (SSSR count). The van der Waals surface area contributed by atoms with Gasteiger partial charge in [-0.15, -0.1) is 0 Å². The van der Waals surface area contributed by atoms with Crippen LogP contribution in [0.1, 0.15) is 0 Å². The topological polar surface area (TPSA) is 41.1 Å². The third-order valence-corrected chi connectivity index (χ3v) is 1.83. The predicted octanol–water partition coefficient (Wildman–Crippen LogP) is 3.09. The van der Waals surface area contributed by atoms with Crippen LogP contribution in [0.2, 0.25) is 0 Å². The number of halogens is 4. The smallest absolute Gasteiger partial charge is 0.308 e. The van der Waals surface area contributed by atoms with E-state index in [1.54, 1.807) is 12.1 Å². The first-order valence-corrected chi connectivity index (χ1v) is 4.57. The molecule has 0 saturated heterocycles. The standard InChI is InChI=1S/C8H6BrF3N2O/c9-5-2-1-3-6(4-5)13-7(15)14-8(10,11)12/h1-4H,(H2,13,14,15). The van der Waals surface area contributed by atoms with Crippen molar-refractivity contribution >= 4 is 27.6 Å². The molecular weight excluding hydrogens is 277 g/mol. The van der Waals surface area contributed by atoms with Crippen LogP contribution in [0.15, 0.2) is 28.7 Å². The van der Waals surface area contributed by atoms with Crippen molar-refractivity contribution in [1.29, 1.82) is 0 Å². The van der Waals surface area contributed by atoms with Gasteiger partial charge < -0.3 is 5.32 Å². The summed E-state index contributed by atoms with van der Waals surface area (Å²) >= 11 is 3.12. The zero-order valence-electron chi connectivity index (χ0n) is 7.23. The summed E-state index contributed by atoms with van der Waals surface area (Å²) < 4.78 is 35.8. The van der Waals surface area contributed by atoms with E-state index in [-0.39, 0.29) is 5.69 Å². The molecule has 1 aromatic carbocycles. The molecule has 0 unspecified atom stereocenters. The lowest BCUT2D eigenvalue weighted by Gasteiger charge is -2.09. The first kappa shape index (κ1) is 11.8. The Balaban J connectivity index is 2.59. The Kier molecular flexibility index (Phi) is 3.57. The lowest BCUT2D eigenvalue weighted by atomic mass is 10.3. The number of anilines is 1. The van der Waals surface area contributed by atoms with Crippen molar-refractivity contribution in [2.75, 3.05) is 5.32 Å². The maximum absolute atomic E-state index is 11.7. The Hall–Kier alpha value is -1.24. The number of hydrogen-bond donors (Lipinski definition) is 2. The molecule has 82 valence electrons. The molecule has 0 fully saturated rings. The van der Waals surface area contributed by atoms with Crippen LogP contribution in [0, 0.1) is 0 Å². The van der Waals surface area contributed by atoms with E-state index >= 15 is 0 Å². The summed E-state index contributed by atoms with van der Waals surface area (Å²) in [7, 11) is 0. The second-order valence-corrected chi connectivity index (χ2v) is 3.50. The second-order valence-electron chi connectivity index (χ2n) is 2.59. The average molecular weight is 283 g/mol. The van der Waals surface area contributed by atoms with Crippen molar-refractivity contribution in [3.05, 3.63) is 28.7 Å². The number of hydrogen-bond acceptors (Lipinski definition) is 1. The lowest BCUT2D eigenvalue weighted by molar-refractivity contribution is -0.144. The average Bonchev–Trinajstić information content (AvgIpc) is 1.99. The summed E-state index contributed by atoms with van der Waals surface area (Å²) in [6, 6.07) is 4.91. The number of urea groups is 1. The number of nitrogens with one attached hydrogen (secondary N) is 2. The Morgan fingerprint density at radius 3 is 2.53 bits per heavy atom. The van der Waals surface area contributed by atoms with Crippen LogP contribution in [-0.4, -0.2) is 12.3 Å². The highest BCUT2D eigenvalue weighted by Crippen LogP contribution is 2.16. The highest BCUT2D eigenvalue weighted by atomic mass is 79.9. The largest absolute Gasteiger partial charge is 0.485 e. The molecule has 7 heteroatoms. The zero-order chi connectivity index (χ0) is 11.5. The Labute approximate surface area is 91.8 Å². The van der Waals surface area contributed by atoms with E-state index in [0.29, 0.717) is 4.47 Å². The predicted molar refractivity (Wildman–Crippen MR) is 52.4 cm³/mol. The molecule has 0 aliphatic rings. The summed E-state index contributed by atoms with van der Waals surface area (Å²) in [5.41, 5.74) is 0.270. The molecular formula is C8H6BrF3N2O. The third kappa shape index (κ3) is 4.68. The Bertz CT molecular complexity index is 367. The van der Waals surface area contributed by atoms with E-state index in [0.717, 1.165) is 5.32 Å². The number of amides is 2. The second kappa shape index (κ2) is 4.52. The van der Waals surface area contributed by atoms with Gasteiger partial charge in [0.1, 0.15) is 0 Å². The van der Waals surface area contributed by atoms with Gasteiger partial charge in [0.2, 0.25) is 0 Å². The van der Waals surface area contributed by atoms with Gasteiger partial charge in [0.15, 0.2) is 0 Å². The van der Waals surface area contributed by atoms with E-state index in [1.807, 2.05) is 5.32 Å². The van der Waals surface area contributed by atoms with Crippen molar-refractivity contribution in [2.24, 2.45) is 0 Å². The van der Waals surface area contributed by atoms with Crippen LogP contribution in [0.5, 0.6) is 0 Å². The van der Waals surface area contributed by atoms with Crippen LogP contribution >= 0.6 is 15.9 Å². The quantitative estimate of drug-likeness (QED) is 0.764. The summed E-state index contributed by atoms with van der Waals surface area (Å²) in [6.45, 7) is 0. The normalized spacial score (nSPS) is 10.9. The van der Waals surface area contributed by atoms with Crippen molar-refractivity contribution in [3.8, 4) is 0 Å². The molecule has 0 bridgehead atoms. The molecule has 15 heavy (non-hydrogen) atoms. The van der Waals surface area contributed by atoms with Gasteiger partial charge in [0, 0.05) is 10.2 Å². The molecule has 3 nitrogen and oxygen atoms in total. The van der Waals surface area contributed by atoms with Gasteiger partial charge in [-0.2, -0.15) is 13.2 Å². The first-order chi connectivity index (χ1) is 6.87. The third-order valence-electron chi connectivity index (χ3n) is 1.34. The number of carbonyl (C=O) groups excluding carboxylic acids is 1. The van der Waals surface area contributed by atoms with Crippen LogP contribution in [0.25, 0.3) is 0 Å². The molecule has 0 aliphatic carbocycles. The molecule has 1 aromatic rings. The fraction of sp³-hybridized carbons (Fsp3) is 0.125. The Morgan fingerprint density at radius 2 is 2.00 bits per heavy atom. The van der Waals surface area contributed by atoms with E-state index in [9.17, 15) is 18.0 Å². The van der Waals surface area contributed by atoms with E-state index in [1.165, 1.54) is 12.1 Å². The van der Waals surface area contributed by atoms with E-state index in [2.05, 4.69) is 15.9 Å². The molecule has 2 amide bonds. The SMILES string of the molecule is O=C(Nc1cccc(Br)c1)NC(F)(F)F. The fourth-order valence-corrected chi connectivity index (χ4v) is 1.26. The maximum Gasteiger partial charge on any atom is 0.485 e. The lowest BCUT2D eigenvalue weighted by Crippen LogP contribution is -2.40. The van der Waals surface area contributed by atoms with Crippen molar-refractivity contribution in [2.45, 2.75) is 6.30 Å². The number of benzene rings is 1. The molecule has 0 radical (unpaired) electrons. The summed E-state index contributed by atoms with van der Waals surface area (Å²) in [4.78, 5) is 10.8. The summed E-state index contributed by atoms with van der Waals surface area (Å²) in [5, 5.41) is 2.86. The minimum absolute atomic E-state index is 0.270. The zero-order valence-corrected chi connectivity index (χ0v) is 8.82. The number of alkyl halides is 3. The first-order valence-electron chi connectivity index (χ1n) is 3.78. The molecule has 0 heterocycles.